The highest BCUT2D eigenvalue weighted by Gasteiger charge is 2.17. The molecule has 2 atom stereocenters. The van der Waals surface area contributed by atoms with Gasteiger partial charge in [-0.2, -0.15) is 5.10 Å². The van der Waals surface area contributed by atoms with Gasteiger partial charge in [0.1, 0.15) is 0 Å². The smallest absolute Gasteiger partial charge is 0.273 e. The first kappa shape index (κ1) is 30.6. The molecule has 0 saturated carbocycles. The van der Waals surface area contributed by atoms with Gasteiger partial charge in [0.25, 0.3) is 11.8 Å². The molecule has 0 aromatic heterocycles. The monoisotopic (exact) mass is 566 g/mol. The van der Waals surface area contributed by atoms with E-state index < -0.39 is 18.1 Å². The van der Waals surface area contributed by atoms with E-state index >= 15 is 0 Å². The van der Waals surface area contributed by atoms with Crippen LogP contribution in [0.25, 0.3) is 10.8 Å². The topological polar surface area (TPSA) is 114 Å². The molecule has 0 saturated heterocycles. The first-order chi connectivity index (χ1) is 20.1. The van der Waals surface area contributed by atoms with Crippen LogP contribution >= 0.6 is 0 Å². The zero-order valence-electron chi connectivity index (χ0n) is 24.5. The molecule has 8 heteroatoms. The van der Waals surface area contributed by atoms with Crippen LogP contribution in [-0.4, -0.2) is 58.4 Å². The normalized spacial score (nSPS) is 12.9. The molecule has 4 aromatic rings. The lowest BCUT2D eigenvalue weighted by molar-refractivity contribution is 0.0793. The molecule has 0 heterocycles. The van der Waals surface area contributed by atoms with Gasteiger partial charge in [-0.3, -0.25) is 14.5 Å². The first-order valence-corrected chi connectivity index (χ1v) is 14.0. The molecule has 2 unspecified atom stereocenters. The van der Waals surface area contributed by atoms with Crippen LogP contribution in [0.4, 0.5) is 5.69 Å². The van der Waals surface area contributed by atoms with Gasteiger partial charge in [-0.15, -0.1) is 0 Å². The molecular weight excluding hydrogens is 528 g/mol. The Balaban J connectivity index is 1.56. The van der Waals surface area contributed by atoms with E-state index in [1.807, 2.05) is 67.3 Å². The van der Waals surface area contributed by atoms with E-state index in [0.29, 0.717) is 30.9 Å². The number of nitrogens with one attached hydrogen (secondary N) is 2. The van der Waals surface area contributed by atoms with E-state index in [0.717, 1.165) is 27.5 Å². The summed E-state index contributed by atoms with van der Waals surface area (Å²) in [6.45, 7) is 8.70. The Morgan fingerprint density at radius 3 is 2.19 bits per heavy atom. The molecule has 0 aliphatic carbocycles. The largest absolute Gasteiger partial charge is 0.392 e. The number of aliphatic hydroxyl groups is 2. The Kier molecular flexibility index (Phi) is 10.2. The van der Waals surface area contributed by atoms with Crippen molar-refractivity contribution in [3.8, 4) is 0 Å². The van der Waals surface area contributed by atoms with Gasteiger partial charge in [-0.05, 0) is 85.0 Å². The molecule has 218 valence electrons. The molecule has 0 aliphatic heterocycles. The van der Waals surface area contributed by atoms with Crippen LogP contribution in [0.1, 0.15) is 56.8 Å². The summed E-state index contributed by atoms with van der Waals surface area (Å²) in [5, 5.41) is 28.5. The SMILES string of the molecule is Cc1ccc(/C=N/NC(=O)c2cc3ccccc3cc2NC(=O)c2cccc(CN(CC(C)O)CC(C)O)c2)cc1C. The van der Waals surface area contributed by atoms with Gasteiger partial charge in [0.2, 0.25) is 0 Å². The van der Waals surface area contributed by atoms with E-state index in [2.05, 4.69) is 15.8 Å². The fraction of sp³-hybridized carbons (Fsp3) is 0.265. The highest BCUT2D eigenvalue weighted by Crippen LogP contribution is 2.25. The molecular formula is C34H38N4O4. The summed E-state index contributed by atoms with van der Waals surface area (Å²) < 4.78 is 0. The molecule has 4 aromatic carbocycles. The van der Waals surface area contributed by atoms with Crippen molar-refractivity contribution in [3.05, 3.63) is 112 Å². The number of rotatable bonds is 11. The van der Waals surface area contributed by atoms with E-state index in [1.54, 1.807) is 50.4 Å². The van der Waals surface area contributed by atoms with Crippen molar-refractivity contribution in [1.82, 2.24) is 10.3 Å². The fourth-order valence-corrected chi connectivity index (χ4v) is 4.82. The first-order valence-electron chi connectivity index (χ1n) is 14.0. The maximum absolute atomic E-state index is 13.4. The van der Waals surface area contributed by atoms with Gasteiger partial charge < -0.3 is 15.5 Å². The minimum atomic E-state index is -0.557. The second-order valence-corrected chi connectivity index (χ2v) is 10.8. The lowest BCUT2D eigenvalue weighted by atomic mass is 10.0. The Morgan fingerprint density at radius 1 is 0.833 bits per heavy atom. The van der Waals surface area contributed by atoms with Gasteiger partial charge in [-0.1, -0.05) is 54.6 Å². The van der Waals surface area contributed by atoms with Crippen molar-refractivity contribution in [3.63, 3.8) is 0 Å². The number of carbonyl (C=O) groups is 2. The molecule has 0 bridgehead atoms. The fourth-order valence-electron chi connectivity index (χ4n) is 4.82. The van der Waals surface area contributed by atoms with Gasteiger partial charge >= 0.3 is 0 Å². The number of hydrazone groups is 1. The van der Waals surface area contributed by atoms with Crippen molar-refractivity contribution in [1.29, 1.82) is 0 Å². The van der Waals surface area contributed by atoms with Crippen LogP contribution in [0.2, 0.25) is 0 Å². The van der Waals surface area contributed by atoms with Crippen molar-refractivity contribution in [2.24, 2.45) is 5.10 Å². The van der Waals surface area contributed by atoms with Crippen molar-refractivity contribution in [2.75, 3.05) is 18.4 Å². The maximum Gasteiger partial charge on any atom is 0.273 e. The number of aliphatic hydroxyl groups excluding tert-OH is 2. The number of nitrogens with zero attached hydrogens (tertiary/aromatic N) is 2. The second-order valence-electron chi connectivity index (χ2n) is 10.8. The number of hydrogen-bond acceptors (Lipinski definition) is 6. The lowest BCUT2D eigenvalue weighted by Crippen LogP contribution is -2.35. The Morgan fingerprint density at radius 2 is 1.52 bits per heavy atom. The summed E-state index contributed by atoms with van der Waals surface area (Å²) in [4.78, 5) is 28.6. The minimum absolute atomic E-state index is 0.287. The molecule has 8 nitrogen and oxygen atoms in total. The van der Waals surface area contributed by atoms with Gasteiger partial charge in [0.05, 0.1) is 29.7 Å². The van der Waals surface area contributed by atoms with Gasteiger partial charge in [0.15, 0.2) is 0 Å². The Bertz CT molecular complexity index is 1590. The Hall–Kier alpha value is -4.37. The maximum atomic E-state index is 13.4. The average molecular weight is 567 g/mol. The predicted octanol–water partition coefficient (Wildman–Crippen LogP) is 5.04. The number of benzene rings is 4. The predicted molar refractivity (Wildman–Crippen MR) is 168 cm³/mol. The minimum Gasteiger partial charge on any atom is -0.392 e. The number of amides is 2. The van der Waals surface area contributed by atoms with Crippen LogP contribution in [0.15, 0.2) is 84.0 Å². The number of anilines is 1. The number of aryl methyl sites for hydroxylation is 2. The van der Waals surface area contributed by atoms with E-state index in [4.69, 9.17) is 0 Å². The van der Waals surface area contributed by atoms with Crippen molar-refractivity contribution >= 4 is 34.5 Å². The van der Waals surface area contributed by atoms with Crippen molar-refractivity contribution < 1.29 is 19.8 Å². The zero-order valence-corrected chi connectivity index (χ0v) is 24.5. The summed E-state index contributed by atoms with van der Waals surface area (Å²) in [7, 11) is 0. The van der Waals surface area contributed by atoms with Gasteiger partial charge in [0, 0.05) is 25.2 Å². The summed E-state index contributed by atoms with van der Waals surface area (Å²) in [5.74, 6) is -0.811. The van der Waals surface area contributed by atoms with Crippen LogP contribution in [0, 0.1) is 13.8 Å². The number of hydrogen-bond donors (Lipinski definition) is 4. The van der Waals surface area contributed by atoms with E-state index in [1.165, 1.54) is 5.56 Å². The highest BCUT2D eigenvalue weighted by atomic mass is 16.3. The molecule has 4 rings (SSSR count). The van der Waals surface area contributed by atoms with Crippen LogP contribution in [0.3, 0.4) is 0 Å². The zero-order chi connectivity index (χ0) is 30.2. The van der Waals surface area contributed by atoms with Crippen LogP contribution in [0.5, 0.6) is 0 Å². The molecule has 42 heavy (non-hydrogen) atoms. The molecule has 4 N–H and O–H groups in total. The molecule has 0 aliphatic rings. The third-order valence-corrected chi connectivity index (χ3v) is 6.93. The summed E-state index contributed by atoms with van der Waals surface area (Å²) in [5.41, 5.74) is 7.71. The molecule has 0 fully saturated rings. The average Bonchev–Trinajstić information content (AvgIpc) is 2.94. The van der Waals surface area contributed by atoms with Crippen LogP contribution in [-0.2, 0) is 6.54 Å². The highest BCUT2D eigenvalue weighted by molar-refractivity contribution is 6.11. The summed E-state index contributed by atoms with van der Waals surface area (Å²) in [6, 6.07) is 24.3. The van der Waals surface area contributed by atoms with Crippen LogP contribution < -0.4 is 10.7 Å². The quantitative estimate of drug-likeness (QED) is 0.150. The third kappa shape index (κ3) is 8.33. The third-order valence-electron chi connectivity index (χ3n) is 6.93. The number of fused-ring (bicyclic) bond motifs is 1. The van der Waals surface area contributed by atoms with E-state index in [-0.39, 0.29) is 11.5 Å². The standard InChI is InChI=1S/C34H38N4O4/c1-22-12-13-26(14-23(22)2)18-35-37-34(42)31-16-28-9-5-6-10-29(28)17-32(31)36-33(41)30-11-7-8-27(15-30)21-38(19-24(3)39)20-25(4)40/h5-18,24-25,39-40H,19-21H2,1-4H3,(H,36,41)(H,37,42)/b35-18+. The second kappa shape index (κ2) is 14.0. The van der Waals surface area contributed by atoms with E-state index in [9.17, 15) is 19.8 Å². The molecule has 2 amide bonds. The lowest BCUT2D eigenvalue weighted by Gasteiger charge is -2.25. The summed E-state index contributed by atoms with van der Waals surface area (Å²) >= 11 is 0. The molecule has 0 radical (unpaired) electrons. The summed E-state index contributed by atoms with van der Waals surface area (Å²) in [6.07, 6.45) is 0.476. The Labute approximate surface area is 246 Å². The van der Waals surface area contributed by atoms with Crippen molar-refractivity contribution in [2.45, 2.75) is 46.4 Å². The molecule has 0 spiro atoms. The van der Waals surface area contributed by atoms with Gasteiger partial charge in [-0.25, -0.2) is 5.43 Å². The number of carbonyl (C=O) groups excluding carboxylic acids is 2.